The maximum Gasteiger partial charge on any atom is 0.321 e. The van der Waals surface area contributed by atoms with Crippen molar-refractivity contribution in [3.05, 3.63) is 112 Å². The van der Waals surface area contributed by atoms with Gasteiger partial charge in [-0.15, -0.1) is 0 Å². The van der Waals surface area contributed by atoms with E-state index in [1.165, 1.54) is 12.1 Å². The van der Waals surface area contributed by atoms with Crippen molar-refractivity contribution in [3.63, 3.8) is 0 Å². The molecule has 168 valence electrons. The lowest BCUT2D eigenvalue weighted by atomic mass is 9.92. The Hall–Kier alpha value is -3.87. The Morgan fingerprint density at radius 3 is 2.03 bits per heavy atom. The fraction of sp³-hybridized carbons (Fsp3) is 0.240. The lowest BCUT2D eigenvalue weighted by Gasteiger charge is -2.41. The van der Waals surface area contributed by atoms with Crippen LogP contribution >= 0.6 is 0 Å². The molecule has 1 saturated heterocycles. The number of hydrogen-bond acceptors (Lipinski definition) is 3. The van der Waals surface area contributed by atoms with Crippen LogP contribution in [0.5, 0.6) is 0 Å². The van der Waals surface area contributed by atoms with Crippen molar-refractivity contribution in [3.8, 4) is 0 Å². The van der Waals surface area contributed by atoms with Gasteiger partial charge in [0.2, 0.25) is 0 Å². The molecule has 0 radical (unpaired) electrons. The second-order valence-corrected chi connectivity index (χ2v) is 7.88. The highest BCUT2D eigenvalue weighted by molar-refractivity contribution is 5.89. The first-order valence-electron chi connectivity index (χ1n) is 10.9. The van der Waals surface area contributed by atoms with Gasteiger partial charge in [-0.05, 0) is 40.9 Å². The van der Waals surface area contributed by atoms with Crippen LogP contribution in [0, 0.1) is 5.82 Å². The van der Waals surface area contributed by atoms with E-state index in [1.807, 2.05) is 60.7 Å². The number of rotatable bonds is 6. The van der Waals surface area contributed by atoms with Crippen LogP contribution < -0.4 is 5.32 Å². The van der Waals surface area contributed by atoms with Gasteiger partial charge in [-0.2, -0.15) is 0 Å². The molecule has 0 aliphatic carbocycles. The standard InChI is InChI=1S/C25H25FN6O/c26-21-11-13-22(14-12-21)28-25(33)32-17-15-31(16-18-32)24(20-9-5-2-6-10-20)23(29-30-27)19-7-3-1-4-8-19/h1-14,23-24H,15-18H2,(H,28,33)/t23-,24+/m0/s1. The molecule has 3 aromatic carbocycles. The van der Waals surface area contributed by atoms with E-state index >= 15 is 0 Å². The summed E-state index contributed by atoms with van der Waals surface area (Å²) in [6, 6.07) is 24.7. The summed E-state index contributed by atoms with van der Waals surface area (Å²) in [5.41, 5.74) is 11.9. The summed E-state index contributed by atoms with van der Waals surface area (Å²) in [5.74, 6) is -0.346. The van der Waals surface area contributed by atoms with E-state index in [9.17, 15) is 14.7 Å². The number of urea groups is 1. The maximum absolute atomic E-state index is 13.1. The number of carbonyl (C=O) groups excluding carboxylic acids is 1. The van der Waals surface area contributed by atoms with Crippen LogP contribution in [0.4, 0.5) is 14.9 Å². The molecule has 1 N–H and O–H groups in total. The Morgan fingerprint density at radius 2 is 1.45 bits per heavy atom. The molecule has 33 heavy (non-hydrogen) atoms. The molecule has 1 aliphatic rings. The lowest BCUT2D eigenvalue weighted by Crippen LogP contribution is -2.51. The fourth-order valence-electron chi connectivity index (χ4n) is 4.20. The molecule has 1 heterocycles. The molecule has 7 nitrogen and oxygen atoms in total. The Bertz CT molecular complexity index is 1090. The second kappa shape index (κ2) is 10.6. The largest absolute Gasteiger partial charge is 0.322 e. The first-order valence-corrected chi connectivity index (χ1v) is 10.9. The number of nitrogens with one attached hydrogen (secondary N) is 1. The zero-order valence-electron chi connectivity index (χ0n) is 18.1. The van der Waals surface area contributed by atoms with E-state index in [-0.39, 0.29) is 17.9 Å². The zero-order valence-corrected chi connectivity index (χ0v) is 18.1. The van der Waals surface area contributed by atoms with Gasteiger partial charge in [0.1, 0.15) is 5.82 Å². The number of halogens is 1. The van der Waals surface area contributed by atoms with Crippen molar-refractivity contribution < 1.29 is 9.18 Å². The molecule has 2 amide bonds. The highest BCUT2D eigenvalue weighted by atomic mass is 19.1. The van der Waals surface area contributed by atoms with Gasteiger partial charge in [0.05, 0.1) is 6.04 Å². The average molecular weight is 445 g/mol. The molecule has 3 aromatic rings. The average Bonchev–Trinajstić information content (AvgIpc) is 2.87. The van der Waals surface area contributed by atoms with Crippen LogP contribution in [0.3, 0.4) is 0 Å². The van der Waals surface area contributed by atoms with Crippen LogP contribution in [0.15, 0.2) is 90.0 Å². The molecule has 0 saturated carbocycles. The molecule has 0 unspecified atom stereocenters. The molecule has 8 heteroatoms. The van der Waals surface area contributed by atoms with E-state index in [1.54, 1.807) is 17.0 Å². The Kier molecular flexibility index (Phi) is 7.19. The van der Waals surface area contributed by atoms with E-state index < -0.39 is 6.04 Å². The van der Waals surface area contributed by atoms with E-state index in [4.69, 9.17) is 0 Å². The van der Waals surface area contributed by atoms with E-state index in [0.717, 1.165) is 11.1 Å². The van der Waals surface area contributed by atoms with Gasteiger partial charge in [0, 0.05) is 42.8 Å². The minimum atomic E-state index is -0.404. The number of azide groups is 1. The molecular weight excluding hydrogens is 419 g/mol. The molecule has 2 atom stereocenters. The van der Waals surface area contributed by atoms with Gasteiger partial charge >= 0.3 is 6.03 Å². The third-order valence-corrected chi connectivity index (χ3v) is 5.85. The minimum Gasteiger partial charge on any atom is -0.322 e. The van der Waals surface area contributed by atoms with E-state index in [0.29, 0.717) is 31.9 Å². The number of hydrogen-bond donors (Lipinski definition) is 1. The second-order valence-electron chi connectivity index (χ2n) is 7.88. The van der Waals surface area contributed by atoms with Crippen LogP contribution in [0.25, 0.3) is 10.4 Å². The monoisotopic (exact) mass is 444 g/mol. The first-order chi connectivity index (χ1) is 16.2. The summed E-state index contributed by atoms with van der Waals surface area (Å²) in [4.78, 5) is 19.8. The number of anilines is 1. The van der Waals surface area contributed by atoms with Crippen LogP contribution in [-0.4, -0.2) is 42.0 Å². The van der Waals surface area contributed by atoms with Gasteiger partial charge in [0.15, 0.2) is 0 Å². The van der Waals surface area contributed by atoms with Gasteiger partial charge in [-0.1, -0.05) is 65.8 Å². The van der Waals surface area contributed by atoms with Crippen LogP contribution in [0.1, 0.15) is 23.2 Å². The van der Waals surface area contributed by atoms with Crippen molar-refractivity contribution in [1.82, 2.24) is 9.80 Å². The molecular formula is C25H25FN6O. The Labute approximate surface area is 192 Å². The Balaban J connectivity index is 1.51. The van der Waals surface area contributed by atoms with Crippen molar-refractivity contribution in [1.29, 1.82) is 0 Å². The quantitative estimate of drug-likeness (QED) is 0.297. The molecule has 4 rings (SSSR count). The zero-order chi connectivity index (χ0) is 23.0. The predicted molar refractivity (Wildman–Crippen MR) is 126 cm³/mol. The topological polar surface area (TPSA) is 84.3 Å². The minimum absolute atomic E-state index is 0.160. The summed E-state index contributed by atoms with van der Waals surface area (Å²) in [5, 5.41) is 7.00. The number of carbonyl (C=O) groups is 1. The molecule has 0 aromatic heterocycles. The number of amides is 2. The van der Waals surface area contributed by atoms with Gasteiger partial charge in [0.25, 0.3) is 0 Å². The molecule has 0 spiro atoms. The fourth-order valence-corrected chi connectivity index (χ4v) is 4.20. The first kappa shape index (κ1) is 22.3. The van der Waals surface area contributed by atoms with Crippen molar-refractivity contribution in [2.75, 3.05) is 31.5 Å². The summed E-state index contributed by atoms with van der Waals surface area (Å²) in [6.45, 7) is 2.30. The lowest BCUT2D eigenvalue weighted by molar-refractivity contribution is 0.100. The molecule has 0 bridgehead atoms. The van der Waals surface area contributed by atoms with Gasteiger partial charge in [-0.3, -0.25) is 4.90 Å². The van der Waals surface area contributed by atoms with Crippen LogP contribution in [-0.2, 0) is 0 Å². The molecule has 1 aliphatic heterocycles. The summed E-state index contributed by atoms with van der Waals surface area (Å²) in [7, 11) is 0. The van der Waals surface area contributed by atoms with Crippen molar-refractivity contribution in [2.24, 2.45) is 5.11 Å². The number of piperazine rings is 1. The summed E-state index contributed by atoms with van der Waals surface area (Å²) >= 11 is 0. The van der Waals surface area contributed by atoms with E-state index in [2.05, 4.69) is 20.2 Å². The highest BCUT2D eigenvalue weighted by Crippen LogP contribution is 2.37. The SMILES string of the molecule is [N-]=[N+]=N[C@@H](c1ccccc1)[C@@H](c1ccccc1)N1CCN(C(=O)Nc2ccc(F)cc2)CC1. The third kappa shape index (κ3) is 5.49. The normalized spacial score (nSPS) is 15.8. The maximum atomic E-state index is 13.1. The van der Waals surface area contributed by atoms with Crippen molar-refractivity contribution >= 4 is 11.7 Å². The third-order valence-electron chi connectivity index (χ3n) is 5.85. The summed E-state index contributed by atoms with van der Waals surface area (Å²) < 4.78 is 13.1. The van der Waals surface area contributed by atoms with Gasteiger partial charge < -0.3 is 10.2 Å². The predicted octanol–water partition coefficient (Wildman–Crippen LogP) is 5.77. The van der Waals surface area contributed by atoms with Crippen LogP contribution in [0.2, 0.25) is 0 Å². The summed E-state index contributed by atoms with van der Waals surface area (Å²) in [6.07, 6.45) is 0. The Morgan fingerprint density at radius 1 is 0.879 bits per heavy atom. The smallest absolute Gasteiger partial charge is 0.321 e. The van der Waals surface area contributed by atoms with Crippen molar-refractivity contribution in [2.45, 2.75) is 12.1 Å². The number of benzene rings is 3. The molecule has 1 fully saturated rings. The highest BCUT2D eigenvalue weighted by Gasteiger charge is 2.33. The number of nitrogens with zero attached hydrogens (tertiary/aromatic N) is 5. The van der Waals surface area contributed by atoms with Gasteiger partial charge in [-0.25, -0.2) is 9.18 Å².